The lowest BCUT2D eigenvalue weighted by Crippen LogP contribution is -2.39. The van der Waals surface area contributed by atoms with Gasteiger partial charge in [0, 0.05) is 30.9 Å². The molecule has 0 bridgehead atoms. The van der Waals surface area contributed by atoms with Crippen LogP contribution in [0.4, 0.5) is 5.69 Å². The fourth-order valence-electron chi connectivity index (χ4n) is 5.74. The van der Waals surface area contributed by atoms with Gasteiger partial charge in [-0.05, 0) is 79.6 Å². The van der Waals surface area contributed by atoms with Gasteiger partial charge in [-0.1, -0.05) is 12.1 Å². The number of ether oxygens (including phenoxy) is 2. The molecule has 3 heterocycles. The average Bonchev–Trinajstić information content (AvgIpc) is 3.64. The molecule has 0 spiro atoms. The average molecular weight is 516 g/mol. The molecule has 1 aliphatic carbocycles. The predicted molar refractivity (Wildman–Crippen MR) is 143 cm³/mol. The van der Waals surface area contributed by atoms with Gasteiger partial charge in [0.05, 0.1) is 26.0 Å². The van der Waals surface area contributed by atoms with Gasteiger partial charge in [-0.3, -0.25) is 14.5 Å². The zero-order valence-corrected chi connectivity index (χ0v) is 21.7. The molecule has 0 unspecified atom stereocenters. The van der Waals surface area contributed by atoms with E-state index in [1.54, 1.807) is 24.1 Å². The van der Waals surface area contributed by atoms with Gasteiger partial charge in [0.25, 0.3) is 11.8 Å². The first kappa shape index (κ1) is 24.6. The van der Waals surface area contributed by atoms with Crippen LogP contribution in [0.5, 0.6) is 5.75 Å². The van der Waals surface area contributed by atoms with Crippen LogP contribution in [0.15, 0.2) is 48.5 Å². The maximum absolute atomic E-state index is 13.8. The van der Waals surface area contributed by atoms with Gasteiger partial charge in [0.2, 0.25) is 0 Å². The van der Waals surface area contributed by atoms with Gasteiger partial charge in [-0.25, -0.2) is 4.68 Å². The Hall–Kier alpha value is -3.69. The van der Waals surface area contributed by atoms with Crippen molar-refractivity contribution >= 4 is 17.5 Å². The van der Waals surface area contributed by atoms with Crippen molar-refractivity contribution in [1.82, 2.24) is 14.7 Å². The van der Waals surface area contributed by atoms with Crippen LogP contribution in [-0.2, 0) is 16.6 Å². The van der Waals surface area contributed by atoms with Crippen LogP contribution < -0.4 is 15.4 Å². The number of anilines is 1. The first-order valence-electron chi connectivity index (χ1n) is 13.3. The number of morpholine rings is 1. The van der Waals surface area contributed by atoms with Gasteiger partial charge in [0.1, 0.15) is 11.4 Å². The van der Waals surface area contributed by atoms with Crippen LogP contribution in [0.2, 0.25) is 0 Å². The molecule has 198 valence electrons. The minimum atomic E-state index is -0.633. The number of carbonyl (C=O) groups excluding carboxylic acids is 2. The second-order valence-corrected chi connectivity index (χ2v) is 10.4. The summed E-state index contributed by atoms with van der Waals surface area (Å²) in [6.07, 6.45) is 4.06. The molecule has 3 aromatic rings. The number of nitrogens with two attached hydrogens (primary N) is 1. The molecular weight excluding hydrogens is 482 g/mol. The lowest BCUT2D eigenvalue weighted by atomic mass is 9.91. The van der Waals surface area contributed by atoms with Crippen LogP contribution in [0.3, 0.4) is 0 Å². The van der Waals surface area contributed by atoms with Crippen molar-refractivity contribution < 1.29 is 19.1 Å². The summed E-state index contributed by atoms with van der Waals surface area (Å²) in [5.41, 5.74) is 9.86. The zero-order chi connectivity index (χ0) is 26.3. The molecule has 9 heteroatoms. The maximum Gasteiger partial charge on any atom is 0.277 e. The molecule has 2 aromatic carbocycles. The third-order valence-corrected chi connectivity index (χ3v) is 8.22. The number of carbonyl (C=O) groups is 2. The topological polar surface area (TPSA) is 103 Å². The van der Waals surface area contributed by atoms with Crippen LogP contribution in [0.25, 0.3) is 5.69 Å². The molecule has 1 aromatic heterocycles. The Kier molecular flexibility index (Phi) is 6.41. The number of nitrogens with zero attached hydrogens (tertiary/aromatic N) is 4. The Morgan fingerprint density at radius 2 is 1.71 bits per heavy atom. The molecule has 2 fully saturated rings. The molecule has 6 rings (SSSR count). The van der Waals surface area contributed by atoms with E-state index in [1.165, 1.54) is 23.1 Å². The van der Waals surface area contributed by atoms with Crippen molar-refractivity contribution in [3.8, 4) is 11.4 Å². The standard InChI is InChI=1S/C29H33N5O4/c1-37-23-8-6-22(7-9-23)34-26-24(25(31-34)27(30)35)10-14-33(28(26)36)21-4-2-20(3-5-21)29(11-12-29)13-15-32-16-18-38-19-17-32/h2-9H,10-19H2,1H3,(H2,30,35). The minimum absolute atomic E-state index is 0.148. The quantitative estimate of drug-likeness (QED) is 0.495. The number of hydrogen-bond donors (Lipinski definition) is 1. The first-order valence-corrected chi connectivity index (χ1v) is 13.3. The van der Waals surface area contributed by atoms with Crippen LogP contribution in [0, 0.1) is 0 Å². The second kappa shape index (κ2) is 9.89. The van der Waals surface area contributed by atoms with E-state index in [1.807, 2.05) is 12.1 Å². The Balaban J connectivity index is 1.24. The minimum Gasteiger partial charge on any atom is -0.497 e. The van der Waals surface area contributed by atoms with E-state index >= 15 is 0 Å². The summed E-state index contributed by atoms with van der Waals surface area (Å²) in [5, 5.41) is 4.45. The van der Waals surface area contributed by atoms with E-state index in [4.69, 9.17) is 15.2 Å². The molecule has 1 saturated heterocycles. The third kappa shape index (κ3) is 4.46. The Labute approximate surface area is 222 Å². The number of methoxy groups -OCH3 is 1. The number of rotatable bonds is 8. The lowest BCUT2D eigenvalue weighted by molar-refractivity contribution is 0.0361. The van der Waals surface area contributed by atoms with Crippen LogP contribution >= 0.6 is 0 Å². The van der Waals surface area contributed by atoms with E-state index in [9.17, 15) is 9.59 Å². The van der Waals surface area contributed by atoms with Gasteiger partial charge < -0.3 is 20.1 Å². The summed E-state index contributed by atoms with van der Waals surface area (Å²) in [6.45, 7) is 5.23. The highest BCUT2D eigenvalue weighted by molar-refractivity contribution is 6.09. The Bertz CT molecular complexity index is 1340. The summed E-state index contributed by atoms with van der Waals surface area (Å²) < 4.78 is 12.3. The van der Waals surface area contributed by atoms with Crippen LogP contribution in [-0.4, -0.2) is 73.0 Å². The molecule has 2 N–H and O–H groups in total. The summed E-state index contributed by atoms with van der Waals surface area (Å²) >= 11 is 0. The monoisotopic (exact) mass is 515 g/mol. The Morgan fingerprint density at radius 1 is 1.03 bits per heavy atom. The van der Waals surface area contributed by atoms with Crippen molar-refractivity contribution in [3.05, 3.63) is 71.0 Å². The molecule has 2 aliphatic heterocycles. The van der Waals surface area contributed by atoms with Gasteiger partial charge in [-0.2, -0.15) is 5.10 Å². The van der Waals surface area contributed by atoms with Crippen molar-refractivity contribution in [2.45, 2.75) is 31.1 Å². The van der Waals surface area contributed by atoms with Crippen molar-refractivity contribution in [2.75, 3.05) is 51.4 Å². The number of benzene rings is 2. The highest BCUT2D eigenvalue weighted by Crippen LogP contribution is 2.51. The highest BCUT2D eigenvalue weighted by atomic mass is 16.5. The van der Waals surface area contributed by atoms with E-state index < -0.39 is 5.91 Å². The number of hydrogen-bond acceptors (Lipinski definition) is 6. The second-order valence-electron chi connectivity index (χ2n) is 10.4. The van der Waals surface area contributed by atoms with Crippen molar-refractivity contribution in [1.29, 1.82) is 0 Å². The van der Waals surface area contributed by atoms with E-state index in [0.717, 1.165) is 45.0 Å². The predicted octanol–water partition coefficient (Wildman–Crippen LogP) is 2.94. The normalized spacial score (nSPS) is 18.8. The Morgan fingerprint density at radius 3 is 2.34 bits per heavy atom. The maximum atomic E-state index is 13.8. The first-order chi connectivity index (χ1) is 18.5. The third-order valence-electron chi connectivity index (χ3n) is 8.22. The SMILES string of the molecule is COc1ccc(-n2nc(C(N)=O)c3c2C(=O)N(c2ccc(C4(CCN5CCOCC5)CC4)cc2)CC3)cc1. The molecule has 0 atom stereocenters. The van der Waals surface area contributed by atoms with Gasteiger partial charge in [-0.15, -0.1) is 0 Å². The van der Waals surface area contributed by atoms with E-state index in [0.29, 0.717) is 35.7 Å². The summed E-state index contributed by atoms with van der Waals surface area (Å²) in [7, 11) is 1.60. The molecule has 2 amide bonds. The number of amides is 2. The number of primary amides is 1. The smallest absolute Gasteiger partial charge is 0.277 e. The van der Waals surface area contributed by atoms with Crippen LogP contribution in [0.1, 0.15) is 51.4 Å². The molecule has 3 aliphatic rings. The molecule has 9 nitrogen and oxygen atoms in total. The van der Waals surface area contributed by atoms with Crippen molar-refractivity contribution in [3.63, 3.8) is 0 Å². The number of fused-ring (bicyclic) bond motifs is 1. The fraction of sp³-hybridized carbons (Fsp3) is 0.414. The largest absolute Gasteiger partial charge is 0.497 e. The summed E-state index contributed by atoms with van der Waals surface area (Å²) in [5.74, 6) is -0.134. The van der Waals surface area contributed by atoms with Crippen molar-refractivity contribution in [2.24, 2.45) is 5.73 Å². The summed E-state index contributed by atoms with van der Waals surface area (Å²) in [6, 6.07) is 15.7. The fourth-order valence-corrected chi connectivity index (χ4v) is 5.74. The van der Waals surface area contributed by atoms with E-state index in [2.05, 4.69) is 34.3 Å². The van der Waals surface area contributed by atoms with Gasteiger partial charge in [0.15, 0.2) is 5.69 Å². The number of aromatic nitrogens is 2. The molecular formula is C29H33N5O4. The zero-order valence-electron chi connectivity index (χ0n) is 21.7. The molecule has 1 saturated carbocycles. The molecule has 38 heavy (non-hydrogen) atoms. The molecule has 0 radical (unpaired) electrons. The summed E-state index contributed by atoms with van der Waals surface area (Å²) in [4.78, 5) is 30.2. The lowest BCUT2D eigenvalue weighted by Gasteiger charge is -2.29. The van der Waals surface area contributed by atoms with E-state index in [-0.39, 0.29) is 17.0 Å². The highest BCUT2D eigenvalue weighted by Gasteiger charge is 2.44. The van der Waals surface area contributed by atoms with Gasteiger partial charge >= 0.3 is 0 Å².